The van der Waals surface area contributed by atoms with Gasteiger partial charge < -0.3 is 5.32 Å². The van der Waals surface area contributed by atoms with E-state index in [0.29, 0.717) is 28.3 Å². The van der Waals surface area contributed by atoms with Crippen molar-refractivity contribution in [3.8, 4) is 11.1 Å². The molecule has 4 rings (SSSR count). The van der Waals surface area contributed by atoms with Crippen LogP contribution in [-0.4, -0.2) is 25.7 Å². The van der Waals surface area contributed by atoms with Crippen LogP contribution in [0.3, 0.4) is 0 Å². The summed E-state index contributed by atoms with van der Waals surface area (Å²) in [7, 11) is 0. The summed E-state index contributed by atoms with van der Waals surface area (Å²) < 4.78 is 14.7. The van der Waals surface area contributed by atoms with Gasteiger partial charge in [0.25, 0.3) is 5.91 Å². The first-order valence-electron chi connectivity index (χ1n) is 8.10. The number of halogens is 2. The summed E-state index contributed by atoms with van der Waals surface area (Å²) in [5.41, 5.74) is 2.90. The van der Waals surface area contributed by atoms with Gasteiger partial charge in [-0.05, 0) is 41.5 Å². The normalized spacial score (nSPS) is 10.9. The minimum absolute atomic E-state index is 0.198. The second-order valence-corrected chi connectivity index (χ2v) is 6.30. The molecule has 2 heterocycles. The Hall–Kier alpha value is -3.32. The maximum Gasteiger partial charge on any atom is 0.272 e. The molecule has 2 aromatic carbocycles. The Bertz CT molecular complexity index is 1130. The molecule has 6 nitrogen and oxygen atoms in total. The second kappa shape index (κ2) is 7.13. The van der Waals surface area contributed by atoms with E-state index in [4.69, 9.17) is 11.6 Å². The number of fused-ring (bicyclic) bond motifs is 1. The molecule has 0 bridgehead atoms. The Kier molecular flexibility index (Phi) is 4.52. The highest BCUT2D eigenvalue weighted by molar-refractivity contribution is 6.30. The Balaban J connectivity index is 1.65. The number of nitrogens with one attached hydrogen (secondary N) is 1. The third kappa shape index (κ3) is 3.63. The van der Waals surface area contributed by atoms with Crippen molar-refractivity contribution in [2.45, 2.75) is 6.54 Å². The lowest BCUT2D eigenvalue weighted by atomic mass is 10.1. The minimum atomic E-state index is -0.353. The average Bonchev–Trinajstić information content (AvgIpc) is 3.15. The van der Waals surface area contributed by atoms with Crippen molar-refractivity contribution < 1.29 is 9.18 Å². The maximum atomic E-state index is 13.2. The first-order chi connectivity index (χ1) is 13.1. The van der Waals surface area contributed by atoms with Gasteiger partial charge in [-0.1, -0.05) is 35.9 Å². The minimum Gasteiger partial charge on any atom is -0.347 e. The van der Waals surface area contributed by atoms with Crippen molar-refractivity contribution in [1.82, 2.24) is 25.1 Å². The second-order valence-electron chi connectivity index (χ2n) is 5.86. The van der Waals surface area contributed by atoms with Crippen LogP contribution in [-0.2, 0) is 6.54 Å². The molecule has 27 heavy (non-hydrogen) atoms. The van der Waals surface area contributed by atoms with Gasteiger partial charge in [0, 0.05) is 17.1 Å². The number of hydrogen-bond donors (Lipinski definition) is 1. The Morgan fingerprint density at radius 3 is 2.74 bits per heavy atom. The van der Waals surface area contributed by atoms with E-state index < -0.39 is 0 Å². The van der Waals surface area contributed by atoms with Gasteiger partial charge >= 0.3 is 0 Å². The summed E-state index contributed by atoms with van der Waals surface area (Å²) in [5, 5.41) is 15.5. The van der Waals surface area contributed by atoms with E-state index in [1.54, 1.807) is 30.3 Å². The van der Waals surface area contributed by atoms with E-state index in [1.807, 2.05) is 12.1 Å². The van der Waals surface area contributed by atoms with Crippen molar-refractivity contribution in [3.05, 3.63) is 83.0 Å². The molecule has 1 amide bonds. The Labute approximate surface area is 158 Å². The largest absolute Gasteiger partial charge is 0.347 e. The van der Waals surface area contributed by atoms with Crippen molar-refractivity contribution in [2.24, 2.45) is 0 Å². The number of carbonyl (C=O) groups excluding carboxylic acids is 1. The van der Waals surface area contributed by atoms with E-state index in [0.717, 1.165) is 5.56 Å². The Morgan fingerprint density at radius 1 is 1.15 bits per heavy atom. The highest BCUT2D eigenvalue weighted by atomic mass is 35.5. The highest BCUT2D eigenvalue weighted by Crippen LogP contribution is 2.24. The summed E-state index contributed by atoms with van der Waals surface area (Å²) in [4.78, 5) is 12.6. The molecule has 0 aliphatic heterocycles. The van der Waals surface area contributed by atoms with Crippen LogP contribution in [0.4, 0.5) is 4.39 Å². The quantitative estimate of drug-likeness (QED) is 0.587. The van der Waals surface area contributed by atoms with Crippen LogP contribution >= 0.6 is 11.6 Å². The first kappa shape index (κ1) is 17.1. The number of hydrogen-bond acceptors (Lipinski definition) is 4. The van der Waals surface area contributed by atoms with Crippen molar-refractivity contribution in [1.29, 1.82) is 0 Å². The molecule has 0 aliphatic carbocycles. The zero-order valence-electron chi connectivity index (χ0n) is 13.9. The zero-order valence-corrected chi connectivity index (χ0v) is 14.7. The lowest BCUT2D eigenvalue weighted by Crippen LogP contribution is -2.24. The van der Waals surface area contributed by atoms with Crippen molar-refractivity contribution >= 4 is 23.2 Å². The molecule has 0 spiro atoms. The SMILES string of the molecule is O=C(NCc1cccc(Cl)c1)c1cc(-c2ccc(F)cc2)c2nncn2n1. The molecular weight excluding hydrogens is 369 g/mol. The molecule has 8 heteroatoms. The molecule has 2 aromatic heterocycles. The molecule has 0 saturated carbocycles. The lowest BCUT2D eigenvalue weighted by molar-refractivity contribution is 0.0944. The van der Waals surface area contributed by atoms with E-state index in [-0.39, 0.29) is 17.4 Å². The van der Waals surface area contributed by atoms with Gasteiger partial charge in [-0.25, -0.2) is 4.39 Å². The van der Waals surface area contributed by atoms with Gasteiger partial charge in [-0.3, -0.25) is 4.79 Å². The molecule has 0 atom stereocenters. The third-order valence-corrected chi connectivity index (χ3v) is 4.23. The fourth-order valence-corrected chi connectivity index (χ4v) is 2.91. The van der Waals surface area contributed by atoms with Crippen molar-refractivity contribution in [3.63, 3.8) is 0 Å². The zero-order chi connectivity index (χ0) is 18.8. The molecule has 4 aromatic rings. The average molecular weight is 382 g/mol. The number of amides is 1. The van der Waals surface area contributed by atoms with Gasteiger partial charge in [0.1, 0.15) is 17.8 Å². The number of rotatable bonds is 4. The monoisotopic (exact) mass is 381 g/mol. The van der Waals surface area contributed by atoms with Crippen LogP contribution in [0.1, 0.15) is 16.1 Å². The van der Waals surface area contributed by atoms with Gasteiger partial charge in [0.2, 0.25) is 0 Å². The van der Waals surface area contributed by atoms with E-state index in [9.17, 15) is 9.18 Å². The smallest absolute Gasteiger partial charge is 0.272 e. The van der Waals surface area contributed by atoms with Crippen LogP contribution in [0.2, 0.25) is 5.02 Å². The Morgan fingerprint density at radius 2 is 1.96 bits per heavy atom. The number of nitrogens with zero attached hydrogens (tertiary/aromatic N) is 4. The molecule has 0 aliphatic rings. The van der Waals surface area contributed by atoms with Crippen molar-refractivity contribution in [2.75, 3.05) is 0 Å². The van der Waals surface area contributed by atoms with Gasteiger partial charge in [-0.15, -0.1) is 10.2 Å². The van der Waals surface area contributed by atoms with E-state index in [2.05, 4.69) is 20.6 Å². The topological polar surface area (TPSA) is 72.2 Å². The third-order valence-electron chi connectivity index (χ3n) is 4.00. The fraction of sp³-hybridized carbons (Fsp3) is 0.0526. The molecule has 0 radical (unpaired) electrons. The molecule has 134 valence electrons. The number of carbonyl (C=O) groups is 1. The summed E-state index contributed by atoms with van der Waals surface area (Å²) in [6.45, 7) is 0.313. The van der Waals surface area contributed by atoms with Gasteiger partial charge in [-0.2, -0.15) is 9.61 Å². The van der Waals surface area contributed by atoms with Gasteiger partial charge in [0.05, 0.1) is 0 Å². The van der Waals surface area contributed by atoms with Crippen LogP contribution in [0.25, 0.3) is 16.8 Å². The van der Waals surface area contributed by atoms with Gasteiger partial charge in [0.15, 0.2) is 5.65 Å². The highest BCUT2D eigenvalue weighted by Gasteiger charge is 2.15. The standard InChI is InChI=1S/C19H13ClFN5O/c20-14-3-1-2-12(8-14)10-22-19(27)17-9-16(13-4-6-15(21)7-5-13)18-24-23-11-26(18)25-17/h1-9,11H,10H2,(H,22,27). The molecule has 0 fully saturated rings. The summed E-state index contributed by atoms with van der Waals surface area (Å²) in [5.74, 6) is -0.696. The van der Waals surface area contributed by atoms with Crippen LogP contribution in [0, 0.1) is 5.82 Å². The number of aromatic nitrogens is 4. The maximum absolute atomic E-state index is 13.2. The lowest BCUT2D eigenvalue weighted by Gasteiger charge is -2.08. The molecular formula is C19H13ClFN5O. The van der Waals surface area contributed by atoms with Crippen LogP contribution in [0.15, 0.2) is 60.9 Å². The summed E-state index contributed by atoms with van der Waals surface area (Å²) >= 11 is 5.96. The predicted octanol–water partition coefficient (Wildman–Crippen LogP) is 3.51. The van der Waals surface area contributed by atoms with Crippen LogP contribution < -0.4 is 5.32 Å². The summed E-state index contributed by atoms with van der Waals surface area (Å²) in [6.07, 6.45) is 1.41. The predicted molar refractivity (Wildman–Crippen MR) is 98.8 cm³/mol. The van der Waals surface area contributed by atoms with E-state index >= 15 is 0 Å². The fourth-order valence-electron chi connectivity index (χ4n) is 2.70. The van der Waals surface area contributed by atoms with E-state index in [1.165, 1.54) is 23.0 Å². The van der Waals surface area contributed by atoms with Crippen LogP contribution in [0.5, 0.6) is 0 Å². The molecule has 1 N–H and O–H groups in total. The summed E-state index contributed by atoms with van der Waals surface area (Å²) in [6, 6.07) is 14.8. The first-order valence-corrected chi connectivity index (χ1v) is 8.47. The molecule has 0 saturated heterocycles. The number of benzene rings is 2. The molecule has 0 unspecified atom stereocenters.